The van der Waals surface area contributed by atoms with Gasteiger partial charge in [-0.2, -0.15) is 0 Å². The highest BCUT2D eigenvalue weighted by molar-refractivity contribution is 6.13. The summed E-state index contributed by atoms with van der Waals surface area (Å²) in [4.78, 5) is 15.1. The first kappa shape index (κ1) is 31.5. The van der Waals surface area contributed by atoms with Gasteiger partial charge in [0.25, 0.3) is 0 Å². The van der Waals surface area contributed by atoms with Crippen LogP contribution in [0.15, 0.2) is 193 Å². The molecule has 57 heavy (non-hydrogen) atoms. The highest BCUT2D eigenvalue weighted by Gasteiger charge is 2.19. The Kier molecular flexibility index (Phi) is 6.83. The van der Waals surface area contributed by atoms with Gasteiger partial charge in [0.15, 0.2) is 5.58 Å². The third kappa shape index (κ3) is 4.94. The summed E-state index contributed by atoms with van der Waals surface area (Å²) in [5, 5.41) is 5.70. The molecule has 0 saturated carbocycles. The molecule has 5 heterocycles. The quantitative estimate of drug-likeness (QED) is 0.177. The minimum Gasteiger partial charge on any atom is -0.454 e. The molecule has 0 spiro atoms. The topological polar surface area (TPSA) is 61.7 Å². The highest BCUT2D eigenvalue weighted by Crippen LogP contribution is 2.39. The van der Waals surface area contributed by atoms with Gasteiger partial charge < -0.3 is 8.98 Å². The number of pyridine rings is 1. The lowest BCUT2D eigenvalue weighted by molar-refractivity contribution is 0.668. The van der Waals surface area contributed by atoms with E-state index in [9.17, 15) is 0 Å². The molecule has 0 amide bonds. The molecule has 0 aliphatic rings. The van der Waals surface area contributed by atoms with Gasteiger partial charge in [-0.05, 0) is 77.9 Å². The summed E-state index contributed by atoms with van der Waals surface area (Å²) in [6.45, 7) is 0. The van der Waals surface area contributed by atoms with Gasteiger partial charge in [-0.1, -0.05) is 115 Å². The first-order valence-electron chi connectivity index (χ1n) is 19.1. The standard InChI is InChI=1S/C51H31N5O/c1-3-12-32(13-4-1)42-31-43(33-14-5-2-6-15-33)54-51(53-42)56-45-19-10-8-17-38(45)40-28-34(22-25-46(40)56)35-21-24-39-37-16-7-9-18-44(37)55(47(39)29-35)36-23-26-48-41(30-36)50-49(57-48)20-11-27-52-50/h1-31H. The van der Waals surface area contributed by atoms with Crippen LogP contribution in [0.1, 0.15) is 0 Å². The number of benzene rings is 7. The molecule has 6 heteroatoms. The predicted octanol–water partition coefficient (Wildman–Crippen LogP) is 13.0. The summed E-state index contributed by atoms with van der Waals surface area (Å²) in [7, 11) is 0. The first-order chi connectivity index (χ1) is 28.2. The van der Waals surface area contributed by atoms with Gasteiger partial charge in [0.2, 0.25) is 5.95 Å². The van der Waals surface area contributed by atoms with E-state index in [-0.39, 0.29) is 0 Å². The monoisotopic (exact) mass is 729 g/mol. The van der Waals surface area contributed by atoms with Crippen molar-refractivity contribution in [2.24, 2.45) is 0 Å². The summed E-state index contributed by atoms with van der Waals surface area (Å²) in [6.07, 6.45) is 1.82. The minimum atomic E-state index is 0.637. The van der Waals surface area contributed by atoms with Crippen LogP contribution in [0.3, 0.4) is 0 Å². The molecule has 0 saturated heterocycles. The smallest absolute Gasteiger partial charge is 0.235 e. The van der Waals surface area contributed by atoms with Gasteiger partial charge in [0.1, 0.15) is 11.1 Å². The lowest BCUT2D eigenvalue weighted by Gasteiger charge is -2.12. The Labute approximate surface area is 326 Å². The lowest BCUT2D eigenvalue weighted by Crippen LogP contribution is -2.03. The average molecular weight is 730 g/mol. The molecule has 0 aliphatic heterocycles. The summed E-state index contributed by atoms with van der Waals surface area (Å²) >= 11 is 0. The third-order valence-electron chi connectivity index (χ3n) is 11.2. The predicted molar refractivity (Wildman–Crippen MR) is 232 cm³/mol. The Morgan fingerprint density at radius 1 is 0.368 bits per heavy atom. The van der Waals surface area contributed by atoms with Crippen molar-refractivity contribution >= 4 is 65.7 Å². The summed E-state index contributed by atoms with van der Waals surface area (Å²) in [6, 6.07) is 63.8. The van der Waals surface area contributed by atoms with E-state index in [4.69, 9.17) is 14.4 Å². The molecule has 0 unspecified atom stereocenters. The van der Waals surface area contributed by atoms with Crippen molar-refractivity contribution in [1.82, 2.24) is 24.1 Å². The molecule has 7 aromatic carbocycles. The maximum atomic E-state index is 6.14. The second kappa shape index (κ2) is 12.3. The van der Waals surface area contributed by atoms with Gasteiger partial charge in [-0.15, -0.1) is 0 Å². The number of furan rings is 1. The molecular weight excluding hydrogens is 699 g/mol. The zero-order valence-electron chi connectivity index (χ0n) is 30.5. The zero-order chi connectivity index (χ0) is 37.5. The molecule has 0 bridgehead atoms. The van der Waals surface area contributed by atoms with E-state index < -0.39 is 0 Å². The van der Waals surface area contributed by atoms with Gasteiger partial charge in [-0.25, -0.2) is 9.97 Å². The van der Waals surface area contributed by atoms with Gasteiger partial charge in [0.05, 0.1) is 33.5 Å². The van der Waals surface area contributed by atoms with E-state index in [0.717, 1.165) is 94.2 Å². The van der Waals surface area contributed by atoms with Crippen molar-refractivity contribution in [3.05, 3.63) is 188 Å². The molecule has 0 atom stereocenters. The van der Waals surface area contributed by atoms with Gasteiger partial charge in [0, 0.05) is 49.9 Å². The molecule has 0 aliphatic carbocycles. The lowest BCUT2D eigenvalue weighted by atomic mass is 10.0. The Bertz CT molecular complexity index is 3470. The van der Waals surface area contributed by atoms with Crippen molar-refractivity contribution in [3.63, 3.8) is 0 Å². The average Bonchev–Trinajstić information content (AvgIpc) is 3.94. The van der Waals surface area contributed by atoms with E-state index in [1.54, 1.807) is 0 Å². The van der Waals surface area contributed by atoms with Crippen LogP contribution in [0.5, 0.6) is 0 Å². The van der Waals surface area contributed by atoms with Crippen LogP contribution in [-0.2, 0) is 0 Å². The number of aromatic nitrogens is 5. The summed E-state index contributed by atoms with van der Waals surface area (Å²) in [5.41, 5.74) is 14.1. The molecular formula is C51H31N5O. The van der Waals surface area contributed by atoms with Crippen molar-refractivity contribution in [3.8, 4) is 45.3 Å². The van der Waals surface area contributed by atoms with Crippen LogP contribution in [-0.4, -0.2) is 24.1 Å². The van der Waals surface area contributed by atoms with Gasteiger partial charge in [-0.3, -0.25) is 9.55 Å². The number of para-hydroxylation sites is 2. The fraction of sp³-hybridized carbons (Fsp3) is 0. The number of nitrogens with zero attached hydrogens (tertiary/aromatic N) is 5. The fourth-order valence-electron chi connectivity index (χ4n) is 8.57. The van der Waals surface area contributed by atoms with E-state index in [2.05, 4.69) is 172 Å². The molecule has 12 aromatic rings. The van der Waals surface area contributed by atoms with Gasteiger partial charge >= 0.3 is 0 Å². The van der Waals surface area contributed by atoms with Crippen LogP contribution >= 0.6 is 0 Å². The maximum Gasteiger partial charge on any atom is 0.235 e. The maximum absolute atomic E-state index is 6.14. The van der Waals surface area contributed by atoms with Crippen molar-refractivity contribution in [1.29, 1.82) is 0 Å². The van der Waals surface area contributed by atoms with E-state index in [0.29, 0.717) is 5.95 Å². The molecule has 5 aromatic heterocycles. The minimum absolute atomic E-state index is 0.637. The highest BCUT2D eigenvalue weighted by atomic mass is 16.3. The number of hydrogen-bond acceptors (Lipinski definition) is 4. The zero-order valence-corrected chi connectivity index (χ0v) is 30.5. The fourth-order valence-corrected chi connectivity index (χ4v) is 8.57. The van der Waals surface area contributed by atoms with Crippen LogP contribution in [0.25, 0.3) is 111 Å². The van der Waals surface area contributed by atoms with Crippen molar-refractivity contribution < 1.29 is 4.42 Å². The van der Waals surface area contributed by atoms with Crippen LogP contribution in [0, 0.1) is 0 Å². The van der Waals surface area contributed by atoms with E-state index >= 15 is 0 Å². The normalized spacial score (nSPS) is 11.9. The number of hydrogen-bond donors (Lipinski definition) is 0. The Morgan fingerprint density at radius 2 is 0.982 bits per heavy atom. The molecule has 0 radical (unpaired) electrons. The van der Waals surface area contributed by atoms with E-state index in [1.165, 1.54) is 10.8 Å². The summed E-state index contributed by atoms with van der Waals surface area (Å²) in [5.74, 6) is 0.637. The molecule has 266 valence electrons. The number of fused-ring (bicyclic) bond motifs is 9. The SMILES string of the molecule is c1ccc(-c2cc(-c3ccccc3)nc(-n3c4ccccc4c4cc(-c5ccc6c7ccccc7n(-c7ccc8oc9cccnc9c8c7)c6c5)ccc43)n2)cc1. The number of rotatable bonds is 5. The van der Waals surface area contributed by atoms with Crippen molar-refractivity contribution in [2.75, 3.05) is 0 Å². The van der Waals surface area contributed by atoms with Crippen molar-refractivity contribution in [2.45, 2.75) is 0 Å². The van der Waals surface area contributed by atoms with E-state index in [1.807, 2.05) is 30.5 Å². The van der Waals surface area contributed by atoms with Crippen LogP contribution < -0.4 is 0 Å². The Hall–Kier alpha value is -7.83. The Balaban J connectivity index is 1.05. The third-order valence-corrected chi connectivity index (χ3v) is 11.2. The van der Waals surface area contributed by atoms with Crippen LogP contribution in [0.4, 0.5) is 0 Å². The second-order valence-corrected chi connectivity index (χ2v) is 14.5. The van der Waals surface area contributed by atoms with Crippen LogP contribution in [0.2, 0.25) is 0 Å². The first-order valence-corrected chi connectivity index (χ1v) is 19.1. The second-order valence-electron chi connectivity index (χ2n) is 14.5. The molecule has 0 N–H and O–H groups in total. The molecule has 6 nitrogen and oxygen atoms in total. The summed E-state index contributed by atoms with van der Waals surface area (Å²) < 4.78 is 10.7. The molecule has 12 rings (SSSR count). The molecule has 0 fully saturated rings. The Morgan fingerprint density at radius 3 is 1.74 bits per heavy atom. The largest absolute Gasteiger partial charge is 0.454 e.